The number of rotatable bonds is 3. The van der Waals surface area contributed by atoms with E-state index < -0.39 is 11.8 Å². The first-order chi connectivity index (χ1) is 10.6. The van der Waals surface area contributed by atoms with Crippen LogP contribution in [0.15, 0.2) is 60.7 Å². The molecule has 0 radical (unpaired) electrons. The first-order valence-electron chi connectivity index (χ1n) is 6.80. The molecule has 0 unspecified atom stereocenters. The Balaban J connectivity index is 2.46. The number of carbonyl (C=O) groups is 2. The molecule has 0 aliphatic heterocycles. The number of hydrogen-bond donors (Lipinski definition) is 2. The maximum atomic E-state index is 12.1. The summed E-state index contributed by atoms with van der Waals surface area (Å²) in [7, 11) is 0. The highest BCUT2D eigenvalue weighted by Gasteiger charge is 2.18. The Morgan fingerprint density at radius 1 is 0.727 bits per heavy atom. The first kappa shape index (κ1) is 13.8. The van der Waals surface area contributed by atoms with E-state index in [2.05, 4.69) is 0 Å². The maximum absolute atomic E-state index is 12.1. The highest BCUT2D eigenvalue weighted by Crippen LogP contribution is 2.32. The van der Waals surface area contributed by atoms with E-state index in [0.29, 0.717) is 22.1 Å². The molecule has 0 saturated carbocycles. The Bertz CT molecular complexity index is 886. The van der Waals surface area contributed by atoms with Gasteiger partial charge in [0.25, 0.3) is 0 Å². The van der Waals surface area contributed by atoms with Crippen LogP contribution in [0.3, 0.4) is 0 Å². The minimum absolute atomic E-state index is 0.295. The first-order valence-corrected chi connectivity index (χ1v) is 6.80. The van der Waals surface area contributed by atoms with Crippen LogP contribution in [0.1, 0.15) is 20.7 Å². The molecule has 3 aromatic rings. The predicted octanol–water partition coefficient (Wildman–Crippen LogP) is 2.70. The minimum atomic E-state index is -0.585. The van der Waals surface area contributed by atoms with Gasteiger partial charge in [-0.3, -0.25) is 9.59 Å². The van der Waals surface area contributed by atoms with Crippen LogP contribution < -0.4 is 11.5 Å². The Hall–Kier alpha value is -3.14. The number of fused-ring (bicyclic) bond motifs is 1. The molecule has 0 saturated heterocycles. The highest BCUT2D eigenvalue weighted by atomic mass is 16.1. The number of nitrogens with two attached hydrogens (primary N) is 2. The van der Waals surface area contributed by atoms with Gasteiger partial charge in [-0.1, -0.05) is 54.6 Å². The molecule has 0 aliphatic carbocycles. The summed E-state index contributed by atoms with van der Waals surface area (Å²) in [6, 6.07) is 18.3. The molecule has 3 rings (SSSR count). The smallest absolute Gasteiger partial charge is 0.249 e. The van der Waals surface area contributed by atoms with Gasteiger partial charge in [-0.2, -0.15) is 0 Å². The molecule has 0 spiro atoms. The van der Waals surface area contributed by atoms with E-state index in [9.17, 15) is 9.59 Å². The molecule has 0 fully saturated rings. The van der Waals surface area contributed by atoms with Crippen LogP contribution in [0, 0.1) is 0 Å². The van der Waals surface area contributed by atoms with Crippen molar-refractivity contribution < 1.29 is 9.59 Å². The van der Waals surface area contributed by atoms with Gasteiger partial charge >= 0.3 is 0 Å². The van der Waals surface area contributed by atoms with Crippen molar-refractivity contribution >= 4 is 22.6 Å². The lowest BCUT2D eigenvalue weighted by atomic mass is 9.91. The molecule has 2 amide bonds. The standard InChI is InChI=1S/C18H14N2O2/c19-17(21)14-8-4-7-12-9-10-13(11-5-2-1-3-6-11)16(15(12)14)18(20)22/h1-10H,(H2,19,21)(H2,20,22). The molecule has 0 heterocycles. The van der Waals surface area contributed by atoms with Crippen LogP contribution in [-0.4, -0.2) is 11.8 Å². The third-order valence-electron chi connectivity index (χ3n) is 3.64. The summed E-state index contributed by atoms with van der Waals surface area (Å²) in [4.78, 5) is 23.8. The number of primary amides is 2. The van der Waals surface area contributed by atoms with E-state index in [1.807, 2.05) is 48.5 Å². The molecule has 4 nitrogen and oxygen atoms in total. The molecule has 0 aromatic heterocycles. The maximum Gasteiger partial charge on any atom is 0.249 e. The van der Waals surface area contributed by atoms with E-state index in [4.69, 9.17) is 11.5 Å². The summed E-state index contributed by atoms with van der Waals surface area (Å²) < 4.78 is 0. The summed E-state index contributed by atoms with van der Waals surface area (Å²) in [5.74, 6) is -1.17. The summed E-state index contributed by atoms with van der Waals surface area (Å²) in [6.07, 6.45) is 0. The van der Waals surface area contributed by atoms with Gasteiger partial charge in [0.05, 0.1) is 5.56 Å². The van der Waals surface area contributed by atoms with E-state index in [1.165, 1.54) is 0 Å². The molecule has 0 atom stereocenters. The van der Waals surface area contributed by atoms with Gasteiger partial charge in [-0.05, 0) is 22.6 Å². The zero-order valence-electron chi connectivity index (χ0n) is 11.7. The second kappa shape index (κ2) is 5.33. The van der Waals surface area contributed by atoms with E-state index in [0.717, 1.165) is 10.9 Å². The van der Waals surface area contributed by atoms with Gasteiger partial charge in [-0.15, -0.1) is 0 Å². The van der Waals surface area contributed by atoms with Gasteiger partial charge in [0.15, 0.2) is 0 Å². The molecule has 0 aliphatic rings. The normalized spacial score (nSPS) is 10.5. The Morgan fingerprint density at radius 3 is 2.09 bits per heavy atom. The van der Waals surface area contributed by atoms with E-state index in [1.54, 1.807) is 12.1 Å². The molecular formula is C18H14N2O2. The number of carbonyl (C=O) groups excluding carboxylic acids is 2. The third-order valence-corrected chi connectivity index (χ3v) is 3.64. The van der Waals surface area contributed by atoms with Crippen molar-refractivity contribution in [2.45, 2.75) is 0 Å². The van der Waals surface area contributed by atoms with Crippen molar-refractivity contribution in [3.63, 3.8) is 0 Å². The molecular weight excluding hydrogens is 276 g/mol. The van der Waals surface area contributed by atoms with Gasteiger partial charge in [0, 0.05) is 10.9 Å². The van der Waals surface area contributed by atoms with Crippen molar-refractivity contribution in [2.24, 2.45) is 11.5 Å². The Kier molecular flexibility index (Phi) is 3.35. The zero-order valence-corrected chi connectivity index (χ0v) is 11.7. The van der Waals surface area contributed by atoms with Crippen molar-refractivity contribution in [1.29, 1.82) is 0 Å². The van der Waals surface area contributed by atoms with Crippen molar-refractivity contribution in [3.8, 4) is 11.1 Å². The average molecular weight is 290 g/mol. The lowest BCUT2D eigenvalue weighted by Crippen LogP contribution is -2.17. The second-order valence-corrected chi connectivity index (χ2v) is 4.99. The summed E-state index contributed by atoms with van der Waals surface area (Å²) in [5, 5.41) is 1.26. The fourth-order valence-electron chi connectivity index (χ4n) is 2.70. The van der Waals surface area contributed by atoms with Crippen LogP contribution in [0.5, 0.6) is 0 Å². The molecule has 3 aromatic carbocycles. The van der Waals surface area contributed by atoms with Crippen LogP contribution >= 0.6 is 0 Å². The van der Waals surface area contributed by atoms with Crippen LogP contribution in [0.2, 0.25) is 0 Å². The lowest BCUT2D eigenvalue weighted by molar-refractivity contribution is 0.0998. The quantitative estimate of drug-likeness (QED) is 0.777. The predicted molar refractivity (Wildman–Crippen MR) is 86.4 cm³/mol. The fourth-order valence-corrected chi connectivity index (χ4v) is 2.70. The topological polar surface area (TPSA) is 86.2 Å². The van der Waals surface area contributed by atoms with Gasteiger partial charge < -0.3 is 11.5 Å². The molecule has 108 valence electrons. The van der Waals surface area contributed by atoms with Crippen LogP contribution in [0.4, 0.5) is 0 Å². The monoisotopic (exact) mass is 290 g/mol. The summed E-state index contributed by atoms with van der Waals surface area (Å²) in [5.41, 5.74) is 13.2. The number of amides is 2. The number of hydrogen-bond acceptors (Lipinski definition) is 2. The molecule has 22 heavy (non-hydrogen) atoms. The van der Waals surface area contributed by atoms with E-state index >= 15 is 0 Å². The SMILES string of the molecule is NC(=O)c1cccc2ccc(-c3ccccc3)c(C(N)=O)c12. The van der Waals surface area contributed by atoms with Crippen LogP contribution in [-0.2, 0) is 0 Å². The minimum Gasteiger partial charge on any atom is -0.366 e. The average Bonchev–Trinajstić information content (AvgIpc) is 2.53. The summed E-state index contributed by atoms with van der Waals surface area (Å²) in [6.45, 7) is 0. The van der Waals surface area contributed by atoms with Crippen molar-refractivity contribution in [3.05, 3.63) is 71.8 Å². The Labute approximate surface area is 127 Å². The fraction of sp³-hybridized carbons (Fsp3) is 0. The van der Waals surface area contributed by atoms with Crippen molar-refractivity contribution in [1.82, 2.24) is 0 Å². The lowest BCUT2D eigenvalue weighted by Gasteiger charge is -2.13. The van der Waals surface area contributed by atoms with Crippen LogP contribution in [0.25, 0.3) is 21.9 Å². The summed E-state index contributed by atoms with van der Waals surface area (Å²) >= 11 is 0. The largest absolute Gasteiger partial charge is 0.366 e. The molecule has 0 bridgehead atoms. The van der Waals surface area contributed by atoms with Gasteiger partial charge in [-0.25, -0.2) is 0 Å². The van der Waals surface area contributed by atoms with E-state index in [-0.39, 0.29) is 0 Å². The van der Waals surface area contributed by atoms with Gasteiger partial charge in [0.1, 0.15) is 0 Å². The zero-order chi connectivity index (χ0) is 15.7. The van der Waals surface area contributed by atoms with Gasteiger partial charge in [0.2, 0.25) is 11.8 Å². The number of benzene rings is 3. The van der Waals surface area contributed by atoms with Crippen molar-refractivity contribution in [2.75, 3.05) is 0 Å². The molecule has 4 heteroatoms. The third kappa shape index (κ3) is 2.20. The molecule has 4 N–H and O–H groups in total. The highest BCUT2D eigenvalue weighted by molar-refractivity contribution is 6.18. The second-order valence-electron chi connectivity index (χ2n) is 4.99. The Morgan fingerprint density at radius 2 is 1.45 bits per heavy atom.